The molecule has 7 nitrogen and oxygen atoms in total. The van der Waals surface area contributed by atoms with Gasteiger partial charge in [0, 0.05) is 24.0 Å². The molecule has 7 heteroatoms. The molecule has 0 spiro atoms. The number of anilines is 2. The predicted octanol–water partition coefficient (Wildman–Crippen LogP) is 1.83. The summed E-state index contributed by atoms with van der Waals surface area (Å²) < 4.78 is 0. The number of carbonyl (C=O) groups is 1. The Balaban J connectivity index is 2.26. The molecule has 0 radical (unpaired) electrons. The molecule has 1 amide bonds. The Kier molecular flexibility index (Phi) is 3.37. The number of primary amides is 1. The van der Waals surface area contributed by atoms with E-state index in [1.807, 2.05) is 0 Å². The van der Waals surface area contributed by atoms with Crippen molar-refractivity contribution in [2.45, 2.75) is 0 Å². The number of nitro groups is 1. The molecule has 2 rings (SSSR count). The maximum atomic E-state index is 11.2. The van der Waals surface area contributed by atoms with E-state index < -0.39 is 10.8 Å². The van der Waals surface area contributed by atoms with Crippen molar-refractivity contribution in [2.24, 2.45) is 5.73 Å². The summed E-state index contributed by atoms with van der Waals surface area (Å²) in [6.07, 6.45) is 1.51. The number of non-ortho nitro benzene ring substituents is 1. The van der Waals surface area contributed by atoms with Crippen molar-refractivity contribution in [1.29, 1.82) is 0 Å². The zero-order valence-corrected chi connectivity index (χ0v) is 9.74. The van der Waals surface area contributed by atoms with Crippen molar-refractivity contribution in [2.75, 3.05) is 5.32 Å². The lowest BCUT2D eigenvalue weighted by Crippen LogP contribution is -2.14. The lowest BCUT2D eigenvalue weighted by molar-refractivity contribution is -0.384. The van der Waals surface area contributed by atoms with Crippen LogP contribution in [0.4, 0.5) is 17.2 Å². The molecule has 0 saturated heterocycles. The zero-order valence-electron chi connectivity index (χ0n) is 9.74. The molecule has 1 heterocycles. The summed E-state index contributed by atoms with van der Waals surface area (Å²) in [5.41, 5.74) is 6.04. The van der Waals surface area contributed by atoms with Gasteiger partial charge in [-0.05, 0) is 24.3 Å². The number of aromatic nitrogens is 1. The molecule has 19 heavy (non-hydrogen) atoms. The van der Waals surface area contributed by atoms with Gasteiger partial charge < -0.3 is 11.1 Å². The molecule has 0 saturated carbocycles. The van der Waals surface area contributed by atoms with E-state index in [0.29, 0.717) is 11.5 Å². The number of nitrogens with one attached hydrogen (secondary N) is 1. The van der Waals surface area contributed by atoms with E-state index in [0.717, 1.165) is 0 Å². The Morgan fingerprint density at radius 2 is 1.95 bits per heavy atom. The van der Waals surface area contributed by atoms with Gasteiger partial charge in [0.25, 0.3) is 11.6 Å². The Labute approximate surface area is 108 Å². The molecule has 2 aromatic rings. The minimum Gasteiger partial charge on any atom is -0.365 e. The summed E-state index contributed by atoms with van der Waals surface area (Å²) in [5, 5.41) is 13.4. The van der Waals surface area contributed by atoms with Gasteiger partial charge in [0.1, 0.15) is 5.82 Å². The van der Waals surface area contributed by atoms with Crippen LogP contribution in [-0.2, 0) is 0 Å². The van der Waals surface area contributed by atoms with E-state index in [4.69, 9.17) is 5.73 Å². The highest BCUT2D eigenvalue weighted by Crippen LogP contribution is 2.20. The third-order valence-electron chi connectivity index (χ3n) is 2.41. The average molecular weight is 258 g/mol. The van der Waals surface area contributed by atoms with Crippen molar-refractivity contribution in [3.63, 3.8) is 0 Å². The third kappa shape index (κ3) is 2.83. The SMILES string of the molecule is NC(=O)c1cccnc1Nc1ccc([N+](=O)[O-])cc1. The second-order valence-electron chi connectivity index (χ2n) is 3.69. The maximum Gasteiger partial charge on any atom is 0.269 e. The number of nitro benzene ring substituents is 1. The predicted molar refractivity (Wildman–Crippen MR) is 69.1 cm³/mol. The van der Waals surface area contributed by atoms with Crippen molar-refractivity contribution in [3.8, 4) is 0 Å². The van der Waals surface area contributed by atoms with Gasteiger partial charge in [-0.2, -0.15) is 0 Å². The van der Waals surface area contributed by atoms with Crippen molar-refractivity contribution in [3.05, 3.63) is 58.3 Å². The molecule has 0 bridgehead atoms. The molecule has 1 aromatic heterocycles. The summed E-state index contributed by atoms with van der Waals surface area (Å²) in [4.78, 5) is 25.3. The van der Waals surface area contributed by atoms with E-state index >= 15 is 0 Å². The fraction of sp³-hybridized carbons (Fsp3) is 0. The number of carbonyl (C=O) groups excluding carboxylic acids is 1. The molecule has 3 N–H and O–H groups in total. The molecule has 0 aliphatic heterocycles. The van der Waals surface area contributed by atoms with Crippen molar-refractivity contribution in [1.82, 2.24) is 4.98 Å². The van der Waals surface area contributed by atoms with Gasteiger partial charge >= 0.3 is 0 Å². The lowest BCUT2D eigenvalue weighted by atomic mass is 10.2. The molecule has 96 valence electrons. The van der Waals surface area contributed by atoms with Gasteiger partial charge in [-0.25, -0.2) is 4.98 Å². The number of nitrogens with zero attached hydrogens (tertiary/aromatic N) is 2. The molecule has 0 unspecified atom stereocenters. The van der Waals surface area contributed by atoms with E-state index in [1.54, 1.807) is 12.1 Å². The van der Waals surface area contributed by atoms with Gasteiger partial charge in [-0.3, -0.25) is 14.9 Å². The summed E-state index contributed by atoms with van der Waals surface area (Å²) in [5.74, 6) is -0.290. The van der Waals surface area contributed by atoms with Gasteiger partial charge in [-0.1, -0.05) is 0 Å². The van der Waals surface area contributed by atoms with Crippen LogP contribution in [-0.4, -0.2) is 15.8 Å². The highest BCUT2D eigenvalue weighted by Gasteiger charge is 2.09. The fourth-order valence-corrected chi connectivity index (χ4v) is 1.51. The third-order valence-corrected chi connectivity index (χ3v) is 2.41. The molecule has 0 fully saturated rings. The topological polar surface area (TPSA) is 111 Å². The Morgan fingerprint density at radius 3 is 2.53 bits per heavy atom. The molecular weight excluding hydrogens is 248 g/mol. The summed E-state index contributed by atoms with van der Waals surface area (Å²) >= 11 is 0. The lowest BCUT2D eigenvalue weighted by Gasteiger charge is -2.08. The standard InChI is InChI=1S/C12H10N4O3/c13-11(17)10-2-1-7-14-12(10)15-8-3-5-9(6-4-8)16(18)19/h1-7H,(H2,13,17)(H,14,15). The molecular formula is C12H10N4O3. The Morgan fingerprint density at radius 1 is 1.26 bits per heavy atom. The minimum atomic E-state index is -0.600. The zero-order chi connectivity index (χ0) is 13.8. The molecule has 0 atom stereocenters. The Hall–Kier alpha value is -2.96. The highest BCUT2D eigenvalue weighted by atomic mass is 16.6. The van der Waals surface area contributed by atoms with E-state index in [2.05, 4.69) is 10.3 Å². The molecule has 0 aliphatic carbocycles. The van der Waals surface area contributed by atoms with Crippen LogP contribution in [0.1, 0.15) is 10.4 Å². The number of benzene rings is 1. The van der Waals surface area contributed by atoms with Gasteiger partial charge in [0.2, 0.25) is 0 Å². The number of hydrogen-bond acceptors (Lipinski definition) is 5. The first-order chi connectivity index (χ1) is 9.08. The average Bonchev–Trinajstić information content (AvgIpc) is 2.39. The number of rotatable bonds is 4. The van der Waals surface area contributed by atoms with Crippen LogP contribution in [0.2, 0.25) is 0 Å². The smallest absolute Gasteiger partial charge is 0.269 e. The first-order valence-electron chi connectivity index (χ1n) is 5.34. The molecule has 1 aromatic carbocycles. The first-order valence-corrected chi connectivity index (χ1v) is 5.34. The van der Waals surface area contributed by atoms with Gasteiger partial charge in [0.05, 0.1) is 10.5 Å². The summed E-state index contributed by atoms with van der Waals surface area (Å²) in [7, 11) is 0. The van der Waals surface area contributed by atoms with Crippen LogP contribution < -0.4 is 11.1 Å². The Bertz CT molecular complexity index is 625. The number of amides is 1. The second-order valence-corrected chi connectivity index (χ2v) is 3.69. The van der Waals surface area contributed by atoms with Crippen LogP contribution in [0, 0.1) is 10.1 Å². The number of nitrogens with two attached hydrogens (primary N) is 1. The number of pyridine rings is 1. The van der Waals surface area contributed by atoms with Gasteiger partial charge in [-0.15, -0.1) is 0 Å². The monoisotopic (exact) mass is 258 g/mol. The van der Waals surface area contributed by atoms with E-state index in [9.17, 15) is 14.9 Å². The first kappa shape index (κ1) is 12.5. The fourth-order valence-electron chi connectivity index (χ4n) is 1.51. The van der Waals surface area contributed by atoms with Crippen LogP contribution in [0.15, 0.2) is 42.6 Å². The van der Waals surface area contributed by atoms with Crippen LogP contribution >= 0.6 is 0 Å². The minimum absolute atomic E-state index is 0.0123. The van der Waals surface area contributed by atoms with Crippen molar-refractivity contribution >= 4 is 23.1 Å². The summed E-state index contributed by atoms with van der Waals surface area (Å²) in [6.45, 7) is 0. The summed E-state index contributed by atoms with van der Waals surface area (Å²) in [6, 6.07) is 8.91. The van der Waals surface area contributed by atoms with Crippen LogP contribution in [0.3, 0.4) is 0 Å². The molecule has 0 aliphatic rings. The van der Waals surface area contributed by atoms with E-state index in [1.165, 1.54) is 30.5 Å². The normalized spacial score (nSPS) is 9.89. The van der Waals surface area contributed by atoms with Crippen LogP contribution in [0.25, 0.3) is 0 Å². The highest BCUT2D eigenvalue weighted by molar-refractivity contribution is 5.98. The van der Waals surface area contributed by atoms with Crippen LogP contribution in [0.5, 0.6) is 0 Å². The number of hydrogen-bond donors (Lipinski definition) is 2. The quantitative estimate of drug-likeness (QED) is 0.641. The van der Waals surface area contributed by atoms with Gasteiger partial charge in [0.15, 0.2) is 0 Å². The van der Waals surface area contributed by atoms with E-state index in [-0.39, 0.29) is 11.3 Å². The largest absolute Gasteiger partial charge is 0.365 e. The maximum absolute atomic E-state index is 11.2. The second kappa shape index (κ2) is 5.13. The van der Waals surface area contributed by atoms with Crippen molar-refractivity contribution < 1.29 is 9.72 Å².